The molecule has 1 fully saturated rings. The largest absolute Gasteiger partial charge is 0.495 e. The van der Waals surface area contributed by atoms with Crippen LogP contribution in [0.1, 0.15) is 42.5 Å². The van der Waals surface area contributed by atoms with E-state index >= 15 is 0 Å². The first-order valence-electron chi connectivity index (χ1n) is 7.87. The summed E-state index contributed by atoms with van der Waals surface area (Å²) in [6.45, 7) is 0.638. The molecule has 1 aromatic rings. The van der Waals surface area contributed by atoms with Crippen LogP contribution < -0.4 is 14.8 Å². The quantitative estimate of drug-likeness (QED) is 0.828. The maximum Gasteiger partial charge on any atom is 0.251 e. The van der Waals surface area contributed by atoms with Crippen molar-refractivity contribution in [2.24, 2.45) is 5.92 Å². The third-order valence-corrected chi connectivity index (χ3v) is 5.70. The summed E-state index contributed by atoms with van der Waals surface area (Å²) < 4.78 is 31.4. The maximum atomic E-state index is 12.3. The van der Waals surface area contributed by atoms with E-state index in [-0.39, 0.29) is 16.6 Å². The standard InChI is InChI=1S/C16H24N2O4S/c1-17-23(20,21)15-10-13(8-9-14(15)22-2)16(19)18-11-12-6-4-3-5-7-12/h8-10,12,17H,3-7,11H2,1-2H3,(H,18,19). The van der Waals surface area contributed by atoms with E-state index < -0.39 is 10.0 Å². The molecule has 23 heavy (non-hydrogen) atoms. The van der Waals surface area contributed by atoms with Gasteiger partial charge in [-0.2, -0.15) is 0 Å². The number of ether oxygens (including phenoxy) is 1. The van der Waals surface area contributed by atoms with Gasteiger partial charge in [-0.25, -0.2) is 13.1 Å². The number of sulfonamides is 1. The molecule has 0 heterocycles. The van der Waals surface area contributed by atoms with Crippen molar-refractivity contribution in [2.45, 2.75) is 37.0 Å². The normalized spacial score (nSPS) is 16.1. The van der Waals surface area contributed by atoms with Crippen LogP contribution in [0.15, 0.2) is 23.1 Å². The van der Waals surface area contributed by atoms with Crippen LogP contribution in [-0.4, -0.2) is 35.0 Å². The van der Waals surface area contributed by atoms with Crippen LogP contribution in [0.5, 0.6) is 5.75 Å². The predicted octanol–water partition coefficient (Wildman–Crippen LogP) is 1.91. The lowest BCUT2D eigenvalue weighted by Crippen LogP contribution is -2.30. The van der Waals surface area contributed by atoms with Gasteiger partial charge in [-0.3, -0.25) is 4.79 Å². The molecule has 2 rings (SSSR count). The summed E-state index contributed by atoms with van der Waals surface area (Å²) in [5.41, 5.74) is 0.315. The minimum absolute atomic E-state index is 0.0344. The number of carbonyl (C=O) groups is 1. The summed E-state index contributed by atoms with van der Waals surface area (Å²) >= 11 is 0. The van der Waals surface area contributed by atoms with Crippen molar-refractivity contribution in [3.63, 3.8) is 0 Å². The first-order valence-corrected chi connectivity index (χ1v) is 9.36. The summed E-state index contributed by atoms with van der Waals surface area (Å²) in [7, 11) is -0.968. The Morgan fingerprint density at radius 2 is 1.96 bits per heavy atom. The Morgan fingerprint density at radius 3 is 2.57 bits per heavy atom. The number of methoxy groups -OCH3 is 1. The summed E-state index contributed by atoms with van der Waals surface area (Å²) in [5, 5.41) is 2.91. The van der Waals surface area contributed by atoms with E-state index in [9.17, 15) is 13.2 Å². The van der Waals surface area contributed by atoms with Gasteiger partial charge in [0.15, 0.2) is 0 Å². The molecule has 0 aliphatic heterocycles. The number of hydrogen-bond donors (Lipinski definition) is 2. The van der Waals surface area contributed by atoms with Gasteiger partial charge in [-0.15, -0.1) is 0 Å². The Morgan fingerprint density at radius 1 is 1.26 bits per heavy atom. The molecule has 0 radical (unpaired) electrons. The summed E-state index contributed by atoms with van der Waals surface area (Å²) in [6, 6.07) is 4.42. The van der Waals surface area contributed by atoms with Crippen molar-refractivity contribution in [1.82, 2.24) is 10.0 Å². The molecule has 6 nitrogen and oxygen atoms in total. The van der Waals surface area contributed by atoms with Crippen LogP contribution in [-0.2, 0) is 10.0 Å². The van der Waals surface area contributed by atoms with Crippen molar-refractivity contribution < 1.29 is 17.9 Å². The average molecular weight is 340 g/mol. The Hall–Kier alpha value is -1.60. The zero-order valence-corrected chi connectivity index (χ0v) is 14.4. The molecule has 0 unspecified atom stereocenters. The second-order valence-corrected chi connectivity index (χ2v) is 7.64. The van der Waals surface area contributed by atoms with E-state index in [4.69, 9.17) is 4.74 Å². The van der Waals surface area contributed by atoms with Gasteiger partial charge >= 0.3 is 0 Å². The molecule has 0 aromatic heterocycles. The lowest BCUT2D eigenvalue weighted by Gasteiger charge is -2.21. The van der Waals surface area contributed by atoms with E-state index in [0.29, 0.717) is 18.0 Å². The van der Waals surface area contributed by atoms with E-state index in [1.807, 2.05) is 0 Å². The molecule has 0 saturated heterocycles. The highest BCUT2D eigenvalue weighted by molar-refractivity contribution is 7.89. The number of nitrogens with one attached hydrogen (secondary N) is 2. The molecular formula is C16H24N2O4S. The van der Waals surface area contributed by atoms with E-state index in [1.165, 1.54) is 45.6 Å². The van der Waals surface area contributed by atoms with Crippen LogP contribution in [0.4, 0.5) is 0 Å². The van der Waals surface area contributed by atoms with Crippen molar-refractivity contribution in [2.75, 3.05) is 20.7 Å². The molecule has 1 aliphatic carbocycles. The van der Waals surface area contributed by atoms with Crippen LogP contribution in [0.2, 0.25) is 0 Å². The second-order valence-electron chi connectivity index (χ2n) is 5.79. The zero-order chi connectivity index (χ0) is 16.9. The summed E-state index contributed by atoms with van der Waals surface area (Å²) in [5.74, 6) is 0.473. The van der Waals surface area contributed by atoms with Crippen molar-refractivity contribution in [3.05, 3.63) is 23.8 Å². The van der Waals surface area contributed by atoms with Gasteiger partial charge in [-0.05, 0) is 44.0 Å². The van der Waals surface area contributed by atoms with E-state index in [2.05, 4.69) is 10.0 Å². The molecule has 1 aromatic carbocycles. The molecule has 7 heteroatoms. The van der Waals surface area contributed by atoms with Crippen molar-refractivity contribution in [3.8, 4) is 5.75 Å². The number of amides is 1. The third-order valence-electron chi connectivity index (χ3n) is 4.26. The second kappa shape index (κ2) is 7.79. The average Bonchev–Trinajstić information content (AvgIpc) is 2.60. The maximum absolute atomic E-state index is 12.3. The fourth-order valence-electron chi connectivity index (χ4n) is 2.87. The molecule has 1 aliphatic rings. The number of benzene rings is 1. The number of rotatable bonds is 6. The van der Waals surface area contributed by atoms with Crippen molar-refractivity contribution in [1.29, 1.82) is 0 Å². The Kier molecular flexibility index (Phi) is 6.01. The van der Waals surface area contributed by atoms with Gasteiger partial charge in [0.1, 0.15) is 10.6 Å². The molecular weight excluding hydrogens is 316 g/mol. The molecule has 2 N–H and O–H groups in total. The van der Waals surface area contributed by atoms with Gasteiger partial charge in [-0.1, -0.05) is 19.3 Å². The Balaban J connectivity index is 2.12. The molecule has 0 bridgehead atoms. The monoisotopic (exact) mass is 340 g/mol. The summed E-state index contributed by atoms with van der Waals surface area (Å²) in [6.07, 6.45) is 5.99. The van der Waals surface area contributed by atoms with E-state index in [1.54, 1.807) is 6.07 Å². The first-order chi connectivity index (χ1) is 11.0. The van der Waals surface area contributed by atoms with Crippen molar-refractivity contribution >= 4 is 15.9 Å². The van der Waals surface area contributed by atoms with Gasteiger partial charge in [0.05, 0.1) is 7.11 Å². The minimum atomic E-state index is -3.69. The number of carbonyl (C=O) groups excluding carboxylic acids is 1. The summed E-state index contributed by atoms with van der Waals surface area (Å²) in [4.78, 5) is 12.3. The lowest BCUT2D eigenvalue weighted by molar-refractivity contribution is 0.0943. The highest BCUT2D eigenvalue weighted by Gasteiger charge is 2.21. The Bertz CT molecular complexity index is 652. The SMILES string of the molecule is CNS(=O)(=O)c1cc(C(=O)NCC2CCCCC2)ccc1OC. The molecule has 1 amide bonds. The van der Waals surface area contributed by atoms with E-state index in [0.717, 1.165) is 12.8 Å². The Labute approximate surface area is 137 Å². The predicted molar refractivity (Wildman–Crippen MR) is 88.1 cm³/mol. The highest BCUT2D eigenvalue weighted by atomic mass is 32.2. The smallest absolute Gasteiger partial charge is 0.251 e. The van der Waals surface area contributed by atoms with Crippen LogP contribution in [0.3, 0.4) is 0 Å². The minimum Gasteiger partial charge on any atom is -0.495 e. The third kappa shape index (κ3) is 4.45. The highest BCUT2D eigenvalue weighted by Crippen LogP contribution is 2.25. The molecule has 1 saturated carbocycles. The zero-order valence-electron chi connectivity index (χ0n) is 13.6. The van der Waals surface area contributed by atoms with Crippen LogP contribution in [0.25, 0.3) is 0 Å². The fourth-order valence-corrected chi connectivity index (χ4v) is 3.79. The fraction of sp³-hybridized carbons (Fsp3) is 0.562. The van der Waals surface area contributed by atoms with Crippen LogP contribution in [0, 0.1) is 5.92 Å². The van der Waals surface area contributed by atoms with Gasteiger partial charge < -0.3 is 10.1 Å². The van der Waals surface area contributed by atoms with Gasteiger partial charge in [0.2, 0.25) is 10.0 Å². The van der Waals surface area contributed by atoms with Gasteiger partial charge in [0.25, 0.3) is 5.91 Å². The molecule has 0 spiro atoms. The van der Waals surface area contributed by atoms with Crippen LogP contribution >= 0.6 is 0 Å². The number of hydrogen-bond acceptors (Lipinski definition) is 4. The van der Waals surface area contributed by atoms with Gasteiger partial charge in [0, 0.05) is 12.1 Å². The lowest BCUT2D eigenvalue weighted by atomic mass is 9.89. The first kappa shape index (κ1) is 17.7. The molecule has 0 atom stereocenters. The molecule has 128 valence electrons. The topological polar surface area (TPSA) is 84.5 Å².